The zero-order valence-corrected chi connectivity index (χ0v) is 7.28. The number of nitriles is 1. The second-order valence-corrected chi connectivity index (χ2v) is 2.64. The second-order valence-electron chi connectivity index (χ2n) is 2.64. The van der Waals surface area contributed by atoms with E-state index < -0.39 is 11.7 Å². The van der Waals surface area contributed by atoms with E-state index in [1.165, 1.54) is 0 Å². The van der Waals surface area contributed by atoms with Gasteiger partial charge in [-0.15, -0.1) is 0 Å². The Kier molecular flexibility index (Phi) is 2.95. The van der Waals surface area contributed by atoms with Gasteiger partial charge in [0.1, 0.15) is 6.07 Å². The summed E-state index contributed by atoms with van der Waals surface area (Å²) in [6.07, 6.45) is -4.41. The molecule has 0 radical (unpaired) electrons. The summed E-state index contributed by atoms with van der Waals surface area (Å²) in [5.41, 5.74) is -1.02. The van der Waals surface area contributed by atoms with Crippen molar-refractivity contribution in [1.29, 1.82) is 5.26 Å². The van der Waals surface area contributed by atoms with E-state index in [1.807, 2.05) is 0 Å². The van der Waals surface area contributed by atoms with Gasteiger partial charge in [-0.2, -0.15) is 18.4 Å². The maximum absolute atomic E-state index is 12.1. The average Bonchev–Trinajstić information content (AvgIpc) is 2.19. The SMILES string of the molecule is N#CC(=NO)c1ccc(C(F)(F)F)cc1. The van der Waals surface area contributed by atoms with E-state index in [4.69, 9.17) is 10.5 Å². The first kappa shape index (κ1) is 11.0. The molecule has 0 heterocycles. The van der Waals surface area contributed by atoms with Crippen molar-refractivity contribution >= 4 is 5.71 Å². The lowest BCUT2D eigenvalue weighted by Gasteiger charge is -2.06. The van der Waals surface area contributed by atoms with Gasteiger partial charge in [0, 0.05) is 5.56 Å². The molecule has 0 aromatic heterocycles. The minimum absolute atomic E-state index is 0.132. The molecular weight excluding hydrogens is 209 g/mol. The number of alkyl halides is 3. The summed E-state index contributed by atoms with van der Waals surface area (Å²) in [5, 5.41) is 19.4. The number of hydrogen-bond acceptors (Lipinski definition) is 3. The molecule has 0 aliphatic carbocycles. The summed E-state index contributed by atoms with van der Waals surface area (Å²) in [6, 6.07) is 5.32. The Morgan fingerprint density at radius 1 is 1.27 bits per heavy atom. The summed E-state index contributed by atoms with van der Waals surface area (Å²) in [4.78, 5) is 0. The van der Waals surface area contributed by atoms with E-state index in [-0.39, 0.29) is 11.3 Å². The van der Waals surface area contributed by atoms with Gasteiger partial charge in [-0.25, -0.2) is 0 Å². The first-order valence-corrected chi connectivity index (χ1v) is 3.79. The van der Waals surface area contributed by atoms with Gasteiger partial charge in [0.15, 0.2) is 5.71 Å². The largest absolute Gasteiger partial charge is 0.416 e. The van der Waals surface area contributed by atoms with Crippen LogP contribution < -0.4 is 0 Å². The van der Waals surface area contributed by atoms with Gasteiger partial charge in [0.25, 0.3) is 0 Å². The molecule has 1 aromatic rings. The Bertz CT molecular complexity index is 414. The third kappa shape index (κ3) is 2.47. The lowest BCUT2D eigenvalue weighted by atomic mass is 10.1. The summed E-state index contributed by atoms with van der Waals surface area (Å²) in [5.74, 6) is 0. The van der Waals surface area contributed by atoms with Crippen LogP contribution in [-0.4, -0.2) is 10.9 Å². The van der Waals surface area contributed by atoms with Crippen LogP contribution in [0.1, 0.15) is 11.1 Å². The minimum atomic E-state index is -4.41. The fourth-order valence-electron chi connectivity index (χ4n) is 0.962. The number of rotatable bonds is 1. The van der Waals surface area contributed by atoms with Crippen molar-refractivity contribution in [2.45, 2.75) is 6.18 Å². The molecule has 0 bridgehead atoms. The van der Waals surface area contributed by atoms with E-state index in [0.29, 0.717) is 0 Å². The molecule has 1 N–H and O–H groups in total. The van der Waals surface area contributed by atoms with Crippen LogP contribution in [0.3, 0.4) is 0 Å². The molecule has 0 amide bonds. The molecule has 0 atom stereocenters. The zero-order valence-electron chi connectivity index (χ0n) is 7.28. The van der Waals surface area contributed by atoms with Gasteiger partial charge in [-0.05, 0) is 12.1 Å². The van der Waals surface area contributed by atoms with Crippen LogP contribution in [0, 0.1) is 11.3 Å². The van der Waals surface area contributed by atoms with E-state index in [0.717, 1.165) is 24.3 Å². The molecule has 0 unspecified atom stereocenters. The highest BCUT2D eigenvalue weighted by Gasteiger charge is 2.30. The Morgan fingerprint density at radius 2 is 1.80 bits per heavy atom. The van der Waals surface area contributed by atoms with Crippen LogP contribution in [-0.2, 0) is 6.18 Å². The van der Waals surface area contributed by atoms with Crippen LogP contribution >= 0.6 is 0 Å². The summed E-state index contributed by atoms with van der Waals surface area (Å²) < 4.78 is 36.4. The maximum atomic E-state index is 12.1. The monoisotopic (exact) mass is 214 g/mol. The summed E-state index contributed by atoms with van der Waals surface area (Å²) >= 11 is 0. The normalized spacial score (nSPS) is 12.3. The second kappa shape index (κ2) is 4.00. The zero-order chi connectivity index (χ0) is 11.5. The van der Waals surface area contributed by atoms with Crippen LogP contribution in [0.5, 0.6) is 0 Å². The van der Waals surface area contributed by atoms with Gasteiger partial charge < -0.3 is 5.21 Å². The molecule has 78 valence electrons. The quantitative estimate of drug-likeness (QED) is 0.443. The van der Waals surface area contributed by atoms with Gasteiger partial charge in [-0.1, -0.05) is 17.3 Å². The summed E-state index contributed by atoms with van der Waals surface area (Å²) in [7, 11) is 0. The van der Waals surface area contributed by atoms with Crippen molar-refractivity contribution in [1.82, 2.24) is 0 Å². The first-order chi connectivity index (χ1) is 6.99. The molecule has 1 aromatic carbocycles. The summed E-state index contributed by atoms with van der Waals surface area (Å²) in [6.45, 7) is 0. The first-order valence-electron chi connectivity index (χ1n) is 3.79. The predicted molar refractivity (Wildman–Crippen MR) is 45.4 cm³/mol. The molecule has 0 fully saturated rings. The van der Waals surface area contributed by atoms with Crippen molar-refractivity contribution in [3.8, 4) is 6.07 Å². The molecule has 3 nitrogen and oxygen atoms in total. The number of nitrogens with zero attached hydrogens (tertiary/aromatic N) is 2. The molecule has 1 rings (SSSR count). The van der Waals surface area contributed by atoms with Crippen LogP contribution in [0.2, 0.25) is 0 Å². The minimum Gasteiger partial charge on any atom is -0.410 e. The lowest BCUT2D eigenvalue weighted by molar-refractivity contribution is -0.137. The standard InChI is InChI=1S/C9H5F3N2O/c10-9(11,12)7-3-1-6(2-4-7)8(5-13)14-15/h1-4,15H. The smallest absolute Gasteiger partial charge is 0.410 e. The van der Waals surface area contributed by atoms with E-state index in [9.17, 15) is 13.2 Å². The highest BCUT2D eigenvalue weighted by atomic mass is 19.4. The van der Waals surface area contributed by atoms with Crippen LogP contribution in [0.4, 0.5) is 13.2 Å². The average molecular weight is 214 g/mol. The van der Waals surface area contributed by atoms with Crippen molar-refractivity contribution in [3.05, 3.63) is 35.4 Å². The third-order valence-corrected chi connectivity index (χ3v) is 1.69. The van der Waals surface area contributed by atoms with Gasteiger partial charge in [0.05, 0.1) is 5.56 Å². The van der Waals surface area contributed by atoms with E-state index in [2.05, 4.69) is 5.16 Å². The molecule has 0 saturated carbocycles. The topological polar surface area (TPSA) is 56.4 Å². The van der Waals surface area contributed by atoms with Crippen molar-refractivity contribution in [2.75, 3.05) is 0 Å². The molecule has 0 aliphatic heterocycles. The predicted octanol–water partition coefficient (Wildman–Crippen LogP) is 2.41. The Morgan fingerprint density at radius 3 is 2.13 bits per heavy atom. The Balaban J connectivity index is 3.07. The lowest BCUT2D eigenvalue weighted by Crippen LogP contribution is -2.05. The third-order valence-electron chi connectivity index (χ3n) is 1.69. The maximum Gasteiger partial charge on any atom is 0.416 e. The fourth-order valence-corrected chi connectivity index (χ4v) is 0.962. The molecule has 15 heavy (non-hydrogen) atoms. The van der Waals surface area contributed by atoms with Gasteiger partial charge >= 0.3 is 6.18 Å². The Labute approximate surface area is 83.1 Å². The molecule has 0 spiro atoms. The van der Waals surface area contributed by atoms with Gasteiger partial charge in [0.2, 0.25) is 0 Å². The Hall–Kier alpha value is -2.03. The fraction of sp³-hybridized carbons (Fsp3) is 0.111. The number of benzene rings is 1. The number of oxime groups is 1. The molecule has 0 saturated heterocycles. The highest BCUT2D eigenvalue weighted by molar-refractivity contribution is 6.11. The molecular formula is C9H5F3N2O. The van der Waals surface area contributed by atoms with E-state index in [1.54, 1.807) is 6.07 Å². The molecule has 0 aliphatic rings. The highest BCUT2D eigenvalue weighted by Crippen LogP contribution is 2.29. The van der Waals surface area contributed by atoms with Crippen molar-refractivity contribution < 1.29 is 18.4 Å². The van der Waals surface area contributed by atoms with E-state index >= 15 is 0 Å². The van der Waals surface area contributed by atoms with Crippen LogP contribution in [0.25, 0.3) is 0 Å². The molecule has 6 heteroatoms. The number of halogens is 3. The van der Waals surface area contributed by atoms with Gasteiger partial charge in [-0.3, -0.25) is 0 Å². The van der Waals surface area contributed by atoms with Crippen molar-refractivity contribution in [2.24, 2.45) is 5.16 Å². The van der Waals surface area contributed by atoms with Crippen molar-refractivity contribution in [3.63, 3.8) is 0 Å². The van der Waals surface area contributed by atoms with Crippen LogP contribution in [0.15, 0.2) is 29.4 Å². The number of hydrogen-bond donors (Lipinski definition) is 1.